The van der Waals surface area contributed by atoms with Crippen molar-refractivity contribution in [1.29, 1.82) is 0 Å². The molecule has 13 nitrogen and oxygen atoms in total. The highest BCUT2D eigenvalue weighted by Gasteiger charge is 2.37. The van der Waals surface area contributed by atoms with Gasteiger partial charge in [-0.15, -0.1) is 5.10 Å². The van der Waals surface area contributed by atoms with Gasteiger partial charge in [-0.05, 0) is 26.0 Å². The van der Waals surface area contributed by atoms with Crippen LogP contribution >= 0.6 is 0 Å². The number of hydrogen-bond acceptors (Lipinski definition) is 11. The van der Waals surface area contributed by atoms with Crippen LogP contribution in [0.5, 0.6) is 11.6 Å². The van der Waals surface area contributed by atoms with Crippen LogP contribution < -0.4 is 25.4 Å². The van der Waals surface area contributed by atoms with E-state index in [1.54, 1.807) is 29.1 Å². The zero-order chi connectivity index (χ0) is 24.4. The topological polar surface area (TPSA) is 155 Å². The number of pyridine rings is 1. The van der Waals surface area contributed by atoms with Crippen molar-refractivity contribution in [2.24, 2.45) is 0 Å². The number of amides is 1. The monoisotopic (exact) mass is 481 g/mol. The largest absolute Gasteiger partial charge is 0.489 e. The van der Waals surface area contributed by atoms with E-state index in [0.29, 0.717) is 49.4 Å². The molecule has 5 heterocycles. The minimum atomic E-state index is -0.360. The lowest BCUT2D eigenvalue weighted by molar-refractivity contribution is 0.0345. The van der Waals surface area contributed by atoms with Crippen molar-refractivity contribution >= 4 is 17.7 Å². The molecule has 0 spiro atoms. The molecule has 2 aliphatic rings. The Bertz CT molecular complexity index is 1200. The molecule has 0 aliphatic carbocycles. The lowest BCUT2D eigenvalue weighted by Crippen LogP contribution is -2.44. The molecule has 1 amide bonds. The zero-order valence-electron chi connectivity index (χ0n) is 19.5. The molecule has 1 saturated heterocycles. The van der Waals surface area contributed by atoms with Crippen LogP contribution in [0.4, 0.5) is 11.8 Å². The molecule has 0 saturated carbocycles. The third-order valence-electron chi connectivity index (χ3n) is 5.56. The number of nitrogens with one attached hydrogen (secondary N) is 1. The van der Waals surface area contributed by atoms with Gasteiger partial charge in [0.2, 0.25) is 11.8 Å². The summed E-state index contributed by atoms with van der Waals surface area (Å²) in [5.41, 5.74) is 6.83. The molecule has 13 heteroatoms. The van der Waals surface area contributed by atoms with Crippen molar-refractivity contribution in [2.45, 2.75) is 45.2 Å². The predicted molar refractivity (Wildman–Crippen MR) is 124 cm³/mol. The second kappa shape index (κ2) is 9.70. The van der Waals surface area contributed by atoms with Gasteiger partial charge < -0.3 is 30.2 Å². The summed E-state index contributed by atoms with van der Waals surface area (Å²) in [5, 5.41) is 11.4. The quantitative estimate of drug-likeness (QED) is 0.535. The van der Waals surface area contributed by atoms with Gasteiger partial charge in [0, 0.05) is 25.4 Å². The van der Waals surface area contributed by atoms with Crippen LogP contribution in [-0.4, -0.2) is 73.8 Å². The molecular formula is C22H27N9O4. The van der Waals surface area contributed by atoms with Gasteiger partial charge in [-0.1, -0.05) is 5.21 Å². The van der Waals surface area contributed by atoms with Gasteiger partial charge in [-0.2, -0.15) is 9.97 Å². The summed E-state index contributed by atoms with van der Waals surface area (Å²) in [6.07, 6.45) is 2.96. The molecule has 3 aromatic heterocycles. The number of fused-ring (bicyclic) bond motifs is 4. The molecule has 2 atom stereocenters. The van der Waals surface area contributed by atoms with Crippen molar-refractivity contribution in [3.63, 3.8) is 0 Å². The number of ether oxygens (including phenoxy) is 3. The summed E-state index contributed by atoms with van der Waals surface area (Å²) < 4.78 is 19.4. The number of nitrogens with two attached hydrogens (primary N) is 1. The van der Waals surface area contributed by atoms with Crippen LogP contribution in [-0.2, 0) is 17.9 Å². The first kappa shape index (κ1) is 22.8. The Kier molecular flexibility index (Phi) is 6.31. The smallest absolute Gasteiger partial charge is 0.274 e. The Balaban J connectivity index is 1.43. The first-order valence-electron chi connectivity index (χ1n) is 11.4. The number of anilines is 2. The number of carbonyl (C=O) groups excluding carboxylic acids is 1. The highest BCUT2D eigenvalue weighted by Crippen LogP contribution is 2.26. The SMILES string of the molecule is CC(C)Oc1cc(N2C[C@@H]3NC(=O)c4ncccc4OCCn4cc(nn4)CO[C@H]3C2)nc(N)n1. The van der Waals surface area contributed by atoms with E-state index in [4.69, 9.17) is 19.9 Å². The first-order chi connectivity index (χ1) is 16.9. The maximum absolute atomic E-state index is 13.2. The molecule has 0 unspecified atom stereocenters. The van der Waals surface area contributed by atoms with E-state index in [1.807, 2.05) is 24.9 Å². The van der Waals surface area contributed by atoms with Crippen LogP contribution in [0.25, 0.3) is 0 Å². The molecule has 3 N–H and O–H groups in total. The van der Waals surface area contributed by atoms with Crippen LogP contribution in [0.2, 0.25) is 0 Å². The van der Waals surface area contributed by atoms with Crippen molar-refractivity contribution in [2.75, 3.05) is 30.3 Å². The number of hydrogen-bond donors (Lipinski definition) is 2. The highest BCUT2D eigenvalue weighted by molar-refractivity contribution is 5.95. The zero-order valence-corrected chi connectivity index (χ0v) is 19.5. The van der Waals surface area contributed by atoms with Gasteiger partial charge in [-0.3, -0.25) is 4.79 Å². The highest BCUT2D eigenvalue weighted by atomic mass is 16.5. The van der Waals surface area contributed by atoms with Gasteiger partial charge in [0.05, 0.1) is 37.6 Å². The molecule has 5 rings (SSSR count). The van der Waals surface area contributed by atoms with Gasteiger partial charge >= 0.3 is 0 Å². The maximum atomic E-state index is 13.2. The molecule has 3 aromatic rings. The average molecular weight is 482 g/mol. The fourth-order valence-electron chi connectivity index (χ4n) is 4.03. The summed E-state index contributed by atoms with van der Waals surface area (Å²) in [4.78, 5) is 27.9. The summed E-state index contributed by atoms with van der Waals surface area (Å²) in [5.74, 6) is 1.13. The third-order valence-corrected chi connectivity index (χ3v) is 5.56. The summed E-state index contributed by atoms with van der Waals surface area (Å²) in [6, 6.07) is 4.81. The van der Waals surface area contributed by atoms with E-state index < -0.39 is 0 Å². The van der Waals surface area contributed by atoms with E-state index in [9.17, 15) is 4.79 Å². The Morgan fingerprint density at radius 1 is 1.29 bits per heavy atom. The lowest BCUT2D eigenvalue weighted by atomic mass is 10.2. The maximum Gasteiger partial charge on any atom is 0.274 e. The van der Waals surface area contributed by atoms with E-state index in [0.717, 1.165) is 0 Å². The van der Waals surface area contributed by atoms with Crippen LogP contribution in [0, 0.1) is 0 Å². The van der Waals surface area contributed by atoms with Crippen LogP contribution in [0.15, 0.2) is 30.6 Å². The first-order valence-corrected chi connectivity index (χ1v) is 11.4. The summed E-state index contributed by atoms with van der Waals surface area (Å²) in [6.45, 7) is 5.74. The van der Waals surface area contributed by atoms with E-state index in [-0.39, 0.29) is 42.4 Å². The van der Waals surface area contributed by atoms with E-state index >= 15 is 0 Å². The molecule has 184 valence electrons. The minimum Gasteiger partial charge on any atom is -0.489 e. The minimum absolute atomic E-state index is 0.0651. The summed E-state index contributed by atoms with van der Waals surface area (Å²) in [7, 11) is 0. The second-order valence-corrected chi connectivity index (χ2v) is 8.60. The normalized spacial score (nSPS) is 20.4. The molecule has 1 fully saturated rings. The van der Waals surface area contributed by atoms with E-state index in [2.05, 4.69) is 30.6 Å². The number of aromatic nitrogens is 6. The van der Waals surface area contributed by atoms with Crippen molar-refractivity contribution in [1.82, 2.24) is 35.3 Å². The Morgan fingerprint density at radius 3 is 3.03 bits per heavy atom. The number of nitrogens with zero attached hydrogens (tertiary/aromatic N) is 7. The van der Waals surface area contributed by atoms with Crippen molar-refractivity contribution in [3.8, 4) is 11.6 Å². The Morgan fingerprint density at radius 2 is 2.17 bits per heavy atom. The molecule has 2 aliphatic heterocycles. The van der Waals surface area contributed by atoms with Gasteiger partial charge in [0.15, 0.2) is 11.4 Å². The fraction of sp³-hybridized carbons (Fsp3) is 0.455. The molecule has 2 bridgehead atoms. The molecule has 35 heavy (non-hydrogen) atoms. The van der Waals surface area contributed by atoms with Crippen molar-refractivity contribution in [3.05, 3.63) is 42.0 Å². The van der Waals surface area contributed by atoms with Crippen LogP contribution in [0.1, 0.15) is 30.0 Å². The van der Waals surface area contributed by atoms with E-state index in [1.165, 1.54) is 0 Å². The third kappa shape index (κ3) is 5.24. The second-order valence-electron chi connectivity index (χ2n) is 8.60. The van der Waals surface area contributed by atoms with Gasteiger partial charge in [0.25, 0.3) is 5.91 Å². The Labute approximate surface area is 201 Å². The summed E-state index contributed by atoms with van der Waals surface area (Å²) >= 11 is 0. The Hall–Kier alpha value is -4.00. The van der Waals surface area contributed by atoms with Crippen LogP contribution in [0.3, 0.4) is 0 Å². The molecule has 0 aromatic carbocycles. The molecule has 0 radical (unpaired) electrons. The van der Waals surface area contributed by atoms with Gasteiger partial charge in [-0.25, -0.2) is 9.67 Å². The number of nitrogen functional groups attached to an aromatic ring is 1. The fourth-order valence-corrected chi connectivity index (χ4v) is 4.03. The average Bonchev–Trinajstić information content (AvgIpc) is 3.43. The lowest BCUT2D eigenvalue weighted by Gasteiger charge is -2.20. The standard InChI is InChI=1S/C22H27N9O4/c1-13(2)35-19-8-18(26-22(23)27-19)30-10-15-17(11-30)34-12-14-9-31(29-28-14)6-7-33-16-4-3-5-24-20(16)21(32)25-15/h3-5,8-9,13,15,17H,6-7,10-12H2,1-2H3,(H,25,32)(H2,23,26,27)/t15-,17-/m0/s1. The number of rotatable bonds is 3. The van der Waals surface area contributed by atoms with Gasteiger partial charge in [0.1, 0.15) is 18.1 Å². The van der Waals surface area contributed by atoms with Crippen molar-refractivity contribution < 1.29 is 19.0 Å². The predicted octanol–water partition coefficient (Wildman–Crippen LogP) is 0.429. The molecular weight excluding hydrogens is 454 g/mol. The number of carbonyl (C=O) groups is 1.